The topological polar surface area (TPSA) is 77.3 Å². The first-order valence-corrected chi connectivity index (χ1v) is 9.21. The molecule has 0 bridgehead atoms. The summed E-state index contributed by atoms with van der Waals surface area (Å²) in [6, 6.07) is 9.60. The Bertz CT molecular complexity index is 780. The largest absolute Gasteiger partial charge is 0.487 e. The molecule has 7 nitrogen and oxygen atoms in total. The maximum Gasteiger partial charge on any atom is 0.217 e. The summed E-state index contributed by atoms with van der Waals surface area (Å²) in [6.07, 6.45) is 3.43. The Balaban J connectivity index is 1.32. The van der Waals surface area contributed by atoms with Gasteiger partial charge in [0.15, 0.2) is 0 Å². The summed E-state index contributed by atoms with van der Waals surface area (Å²) < 4.78 is 33.1. The molecule has 0 spiro atoms. The number of rotatable bonds is 6. The Morgan fingerprint density at radius 3 is 2.61 bits per heavy atom. The van der Waals surface area contributed by atoms with Gasteiger partial charge in [0, 0.05) is 13.1 Å². The standard InChI is InChI=1S/C15H18N4O3S/c20-23(21,15-6-7-15)18-9-13(10-18)19-8-12(16-17-19)11-22-14-4-2-1-3-5-14/h1-5,8,13,15H,6-7,9-11H2. The molecule has 0 amide bonds. The van der Waals surface area contributed by atoms with Crippen LogP contribution in [0, 0.1) is 0 Å². The van der Waals surface area contributed by atoms with Crippen LogP contribution in [0.4, 0.5) is 0 Å². The van der Waals surface area contributed by atoms with Crippen LogP contribution in [-0.4, -0.2) is 46.1 Å². The third-order valence-corrected chi connectivity index (χ3v) is 6.53. The minimum atomic E-state index is -3.06. The van der Waals surface area contributed by atoms with E-state index in [1.165, 1.54) is 0 Å². The Labute approximate surface area is 134 Å². The fraction of sp³-hybridized carbons (Fsp3) is 0.467. The van der Waals surface area contributed by atoms with Crippen molar-refractivity contribution in [2.75, 3.05) is 13.1 Å². The highest BCUT2D eigenvalue weighted by Crippen LogP contribution is 2.35. The number of nitrogens with zero attached hydrogens (tertiary/aromatic N) is 4. The Kier molecular flexibility index (Phi) is 3.57. The van der Waals surface area contributed by atoms with Crippen LogP contribution in [0.1, 0.15) is 24.6 Å². The number of ether oxygens (including phenoxy) is 1. The van der Waals surface area contributed by atoms with E-state index in [0.717, 1.165) is 24.3 Å². The second kappa shape index (κ2) is 5.61. The van der Waals surface area contributed by atoms with Crippen molar-refractivity contribution >= 4 is 10.0 Å². The maximum absolute atomic E-state index is 12.1. The van der Waals surface area contributed by atoms with Crippen molar-refractivity contribution in [2.24, 2.45) is 0 Å². The summed E-state index contributed by atoms with van der Waals surface area (Å²) in [6.45, 7) is 1.32. The van der Waals surface area contributed by atoms with Gasteiger partial charge in [-0.2, -0.15) is 4.31 Å². The minimum absolute atomic E-state index is 0.0708. The molecule has 1 saturated carbocycles. The summed E-state index contributed by atoms with van der Waals surface area (Å²) in [5.74, 6) is 0.785. The summed E-state index contributed by atoms with van der Waals surface area (Å²) in [4.78, 5) is 0. The molecule has 0 radical (unpaired) electrons. The van der Waals surface area contributed by atoms with Gasteiger partial charge in [0.1, 0.15) is 18.1 Å². The molecule has 0 N–H and O–H groups in total. The van der Waals surface area contributed by atoms with Crippen molar-refractivity contribution in [1.82, 2.24) is 19.3 Å². The first-order chi connectivity index (χ1) is 11.1. The molecule has 1 aliphatic heterocycles. The van der Waals surface area contributed by atoms with Crippen LogP contribution in [0.2, 0.25) is 0 Å². The number of benzene rings is 1. The number of sulfonamides is 1. The van der Waals surface area contributed by atoms with E-state index < -0.39 is 10.0 Å². The molecule has 2 heterocycles. The highest BCUT2D eigenvalue weighted by Gasteiger charge is 2.45. The zero-order valence-corrected chi connectivity index (χ0v) is 13.4. The molecule has 1 aliphatic carbocycles. The summed E-state index contributed by atoms with van der Waals surface area (Å²) in [5.41, 5.74) is 0.734. The van der Waals surface area contributed by atoms with Crippen LogP contribution < -0.4 is 4.74 Å². The third-order valence-electron chi connectivity index (χ3n) is 4.20. The lowest BCUT2D eigenvalue weighted by Gasteiger charge is -2.37. The van der Waals surface area contributed by atoms with Crippen molar-refractivity contribution in [3.05, 3.63) is 42.2 Å². The van der Waals surface area contributed by atoms with Crippen LogP contribution in [0.25, 0.3) is 0 Å². The van der Waals surface area contributed by atoms with E-state index in [0.29, 0.717) is 19.7 Å². The van der Waals surface area contributed by atoms with Crippen LogP contribution in [0.5, 0.6) is 5.75 Å². The second-order valence-electron chi connectivity index (χ2n) is 6.01. The second-order valence-corrected chi connectivity index (χ2v) is 8.22. The Morgan fingerprint density at radius 2 is 1.91 bits per heavy atom. The molecule has 1 aromatic carbocycles. The van der Waals surface area contributed by atoms with Gasteiger partial charge in [-0.25, -0.2) is 13.1 Å². The molecular weight excluding hydrogens is 316 g/mol. The molecule has 1 saturated heterocycles. The van der Waals surface area contributed by atoms with Crippen LogP contribution in [0.3, 0.4) is 0 Å². The molecule has 0 unspecified atom stereocenters. The molecular formula is C15H18N4O3S. The van der Waals surface area contributed by atoms with Crippen LogP contribution in [-0.2, 0) is 16.6 Å². The SMILES string of the molecule is O=S(=O)(C1CC1)N1CC(n2cc(COc3ccccc3)nn2)C1. The molecule has 0 atom stereocenters. The van der Waals surface area contributed by atoms with Gasteiger partial charge in [0.25, 0.3) is 0 Å². The third kappa shape index (κ3) is 2.96. The number of para-hydroxylation sites is 1. The van der Waals surface area contributed by atoms with Crippen molar-refractivity contribution in [1.29, 1.82) is 0 Å². The van der Waals surface area contributed by atoms with Crippen molar-refractivity contribution in [2.45, 2.75) is 30.7 Å². The van der Waals surface area contributed by atoms with E-state index in [1.54, 1.807) is 8.99 Å². The van der Waals surface area contributed by atoms with Crippen molar-refractivity contribution < 1.29 is 13.2 Å². The average Bonchev–Trinajstić information content (AvgIpc) is 3.27. The van der Waals surface area contributed by atoms with E-state index in [9.17, 15) is 8.42 Å². The van der Waals surface area contributed by atoms with Gasteiger partial charge in [-0.15, -0.1) is 5.10 Å². The predicted molar refractivity (Wildman–Crippen MR) is 83.3 cm³/mol. The fourth-order valence-electron chi connectivity index (χ4n) is 2.60. The van der Waals surface area contributed by atoms with Gasteiger partial charge >= 0.3 is 0 Å². The summed E-state index contributed by atoms with van der Waals surface area (Å²) in [7, 11) is -3.06. The molecule has 1 aromatic heterocycles. The van der Waals surface area contributed by atoms with Gasteiger partial charge in [0.2, 0.25) is 10.0 Å². The van der Waals surface area contributed by atoms with Crippen LogP contribution in [0.15, 0.2) is 36.5 Å². The summed E-state index contributed by atoms with van der Waals surface area (Å²) >= 11 is 0. The van der Waals surface area contributed by atoms with Crippen molar-refractivity contribution in [3.8, 4) is 5.75 Å². The van der Waals surface area contributed by atoms with Crippen molar-refractivity contribution in [3.63, 3.8) is 0 Å². The minimum Gasteiger partial charge on any atom is -0.487 e. The van der Waals surface area contributed by atoms with E-state index in [-0.39, 0.29) is 11.3 Å². The molecule has 2 aromatic rings. The quantitative estimate of drug-likeness (QED) is 0.793. The lowest BCUT2D eigenvalue weighted by molar-refractivity contribution is 0.188. The number of aromatic nitrogens is 3. The Morgan fingerprint density at radius 1 is 1.17 bits per heavy atom. The fourth-order valence-corrected chi connectivity index (χ4v) is 4.51. The number of hydrogen-bond donors (Lipinski definition) is 0. The smallest absolute Gasteiger partial charge is 0.217 e. The average molecular weight is 334 g/mol. The lowest BCUT2D eigenvalue weighted by atomic mass is 10.2. The molecule has 8 heteroatoms. The highest BCUT2D eigenvalue weighted by molar-refractivity contribution is 7.90. The molecule has 4 rings (SSSR count). The van der Waals surface area contributed by atoms with E-state index in [4.69, 9.17) is 4.74 Å². The van der Waals surface area contributed by atoms with Gasteiger partial charge in [-0.05, 0) is 25.0 Å². The zero-order valence-electron chi connectivity index (χ0n) is 12.6. The van der Waals surface area contributed by atoms with Gasteiger partial charge in [-0.3, -0.25) is 0 Å². The molecule has 2 fully saturated rings. The monoisotopic (exact) mass is 334 g/mol. The molecule has 23 heavy (non-hydrogen) atoms. The van der Waals surface area contributed by atoms with Gasteiger partial charge < -0.3 is 4.74 Å². The molecule has 2 aliphatic rings. The van der Waals surface area contributed by atoms with E-state index >= 15 is 0 Å². The predicted octanol–water partition coefficient (Wildman–Crippen LogP) is 1.21. The number of hydrogen-bond acceptors (Lipinski definition) is 5. The van der Waals surface area contributed by atoms with E-state index in [2.05, 4.69) is 10.3 Å². The zero-order chi connectivity index (χ0) is 15.9. The Hall–Kier alpha value is -1.93. The van der Waals surface area contributed by atoms with Gasteiger partial charge in [0.05, 0.1) is 17.5 Å². The maximum atomic E-state index is 12.1. The summed E-state index contributed by atoms with van der Waals surface area (Å²) in [5, 5.41) is 8.04. The first kappa shape index (κ1) is 14.6. The van der Waals surface area contributed by atoms with E-state index in [1.807, 2.05) is 36.5 Å². The van der Waals surface area contributed by atoms with Crippen LogP contribution >= 0.6 is 0 Å². The first-order valence-electron chi connectivity index (χ1n) is 7.70. The highest BCUT2D eigenvalue weighted by atomic mass is 32.2. The normalized spacial score (nSPS) is 19.5. The van der Waals surface area contributed by atoms with Gasteiger partial charge in [-0.1, -0.05) is 23.4 Å². The lowest BCUT2D eigenvalue weighted by Crippen LogP contribution is -2.51. The molecule has 122 valence electrons.